The van der Waals surface area contributed by atoms with Gasteiger partial charge in [-0.15, -0.1) is 0 Å². The summed E-state index contributed by atoms with van der Waals surface area (Å²) in [4.78, 5) is 27.9. The zero-order valence-corrected chi connectivity index (χ0v) is 16.6. The number of carbonyl (C=O) groups is 2. The Kier molecular flexibility index (Phi) is 3.20. The van der Waals surface area contributed by atoms with Gasteiger partial charge < -0.3 is 19.3 Å². The average Bonchev–Trinajstić information content (AvgIpc) is 3.23. The van der Waals surface area contributed by atoms with Crippen molar-refractivity contribution in [1.82, 2.24) is 9.80 Å². The molecule has 140 valence electrons. The van der Waals surface area contributed by atoms with Crippen LogP contribution in [0, 0.1) is 16.7 Å². The molecule has 0 saturated carbocycles. The first-order chi connectivity index (χ1) is 12.8. The minimum Gasteiger partial charge on any atom is -0.454 e. The van der Waals surface area contributed by atoms with Crippen LogP contribution in [0.25, 0.3) is 0 Å². The number of nitriles is 1. The van der Waals surface area contributed by atoms with Gasteiger partial charge in [0.05, 0.1) is 17.5 Å². The van der Waals surface area contributed by atoms with Gasteiger partial charge >= 0.3 is 0 Å². The summed E-state index contributed by atoms with van der Waals surface area (Å²) in [5.41, 5.74) is -0.117. The van der Waals surface area contributed by atoms with E-state index in [0.717, 1.165) is 5.56 Å². The zero-order chi connectivity index (χ0) is 19.2. The van der Waals surface area contributed by atoms with Crippen molar-refractivity contribution >= 4 is 33.4 Å². The maximum atomic E-state index is 13.5. The van der Waals surface area contributed by atoms with Crippen LogP contribution >= 0.6 is 21.6 Å². The second-order valence-corrected chi connectivity index (χ2v) is 10.5. The van der Waals surface area contributed by atoms with Crippen molar-refractivity contribution in [2.45, 2.75) is 36.1 Å². The molecule has 0 radical (unpaired) electrons. The van der Waals surface area contributed by atoms with Gasteiger partial charge in [0, 0.05) is 13.5 Å². The van der Waals surface area contributed by atoms with Crippen LogP contribution in [0.5, 0.6) is 11.5 Å². The van der Waals surface area contributed by atoms with E-state index in [0.29, 0.717) is 11.5 Å². The molecule has 1 aromatic rings. The summed E-state index contributed by atoms with van der Waals surface area (Å²) in [7, 11) is 4.49. The van der Waals surface area contributed by atoms with E-state index < -0.39 is 21.2 Å². The molecule has 0 N–H and O–H groups in total. The van der Waals surface area contributed by atoms with Crippen LogP contribution in [0.4, 0.5) is 0 Å². The normalized spacial score (nSPS) is 39.0. The highest BCUT2D eigenvalue weighted by molar-refractivity contribution is 8.78. The number of benzene rings is 1. The Balaban J connectivity index is 1.71. The first kappa shape index (κ1) is 17.1. The fourth-order valence-corrected chi connectivity index (χ4v) is 8.08. The molecule has 7 nitrogen and oxygen atoms in total. The maximum absolute atomic E-state index is 13.5. The Morgan fingerprint density at radius 3 is 2.67 bits per heavy atom. The fourth-order valence-electron chi connectivity index (χ4n) is 4.50. The van der Waals surface area contributed by atoms with Gasteiger partial charge in [-0.1, -0.05) is 27.7 Å². The zero-order valence-electron chi connectivity index (χ0n) is 15.0. The van der Waals surface area contributed by atoms with E-state index in [1.54, 1.807) is 24.9 Å². The van der Waals surface area contributed by atoms with Crippen molar-refractivity contribution in [3.8, 4) is 17.6 Å². The standard InChI is InChI=1S/C18H17N3O4S2/c1-16(8-19)7-18-15(23)20(3)17(2,26-27-18)14(22)21(18)13(16)10-4-5-11-12(6-10)25-9-24-11/h4-6,13H,7,9H2,1-3H3/t13?,16-,17-,18+/m1/s1. The first-order valence-electron chi connectivity index (χ1n) is 8.56. The number of piperazine rings is 1. The lowest BCUT2D eigenvalue weighted by Gasteiger charge is -2.57. The number of fused-ring (bicyclic) bond motifs is 3. The quantitative estimate of drug-likeness (QED) is 0.666. The number of rotatable bonds is 1. The van der Waals surface area contributed by atoms with Crippen LogP contribution in [0.3, 0.4) is 0 Å². The molecular formula is C18H17N3O4S2. The van der Waals surface area contributed by atoms with Crippen molar-refractivity contribution in [2.24, 2.45) is 5.41 Å². The summed E-state index contributed by atoms with van der Waals surface area (Å²) in [5.74, 6) is 0.998. The van der Waals surface area contributed by atoms with Gasteiger partial charge in [0.15, 0.2) is 21.2 Å². The Morgan fingerprint density at radius 2 is 1.93 bits per heavy atom. The van der Waals surface area contributed by atoms with Gasteiger partial charge in [-0.05, 0) is 31.5 Å². The largest absolute Gasteiger partial charge is 0.454 e. The van der Waals surface area contributed by atoms with Crippen LogP contribution in [0.1, 0.15) is 31.9 Å². The molecule has 5 heterocycles. The molecule has 0 aliphatic carbocycles. The van der Waals surface area contributed by atoms with E-state index in [2.05, 4.69) is 6.07 Å². The van der Waals surface area contributed by atoms with Crippen LogP contribution in [-0.4, -0.2) is 45.2 Å². The van der Waals surface area contributed by atoms with Gasteiger partial charge in [0.2, 0.25) is 6.79 Å². The second kappa shape index (κ2) is 5.06. The van der Waals surface area contributed by atoms with Crippen LogP contribution in [0.2, 0.25) is 0 Å². The van der Waals surface area contributed by atoms with Gasteiger partial charge in [-0.2, -0.15) is 5.26 Å². The third kappa shape index (κ3) is 1.85. The van der Waals surface area contributed by atoms with Crippen molar-refractivity contribution in [1.29, 1.82) is 5.26 Å². The van der Waals surface area contributed by atoms with E-state index in [-0.39, 0.29) is 25.0 Å². The third-order valence-electron chi connectivity index (χ3n) is 6.06. The van der Waals surface area contributed by atoms with Crippen molar-refractivity contribution in [2.75, 3.05) is 13.8 Å². The first-order valence-corrected chi connectivity index (χ1v) is 10.7. The lowest BCUT2D eigenvalue weighted by atomic mass is 9.79. The summed E-state index contributed by atoms with van der Waals surface area (Å²) >= 11 is 0. The Morgan fingerprint density at radius 1 is 1.19 bits per heavy atom. The molecular weight excluding hydrogens is 386 g/mol. The number of nitrogens with zero attached hydrogens (tertiary/aromatic N) is 3. The minimum absolute atomic E-state index is 0.113. The highest BCUT2D eigenvalue weighted by Crippen LogP contribution is 2.69. The second-order valence-electron chi connectivity index (χ2n) is 7.69. The molecule has 2 bridgehead atoms. The summed E-state index contributed by atoms with van der Waals surface area (Å²) in [6.45, 7) is 3.75. The summed E-state index contributed by atoms with van der Waals surface area (Å²) in [6, 6.07) is 7.35. The van der Waals surface area contributed by atoms with Crippen molar-refractivity contribution in [3.05, 3.63) is 23.8 Å². The average molecular weight is 403 g/mol. The van der Waals surface area contributed by atoms with Gasteiger partial charge in [-0.25, -0.2) is 0 Å². The number of carbonyl (C=O) groups excluding carboxylic acids is 2. The molecule has 4 atom stereocenters. The van der Waals surface area contributed by atoms with Gasteiger partial charge in [0.1, 0.15) is 0 Å². The Bertz CT molecular complexity index is 949. The van der Waals surface area contributed by atoms with Crippen molar-refractivity contribution < 1.29 is 19.1 Å². The molecule has 27 heavy (non-hydrogen) atoms. The molecule has 2 amide bonds. The van der Waals surface area contributed by atoms with Gasteiger partial charge in [0.25, 0.3) is 11.8 Å². The smallest absolute Gasteiger partial charge is 0.261 e. The molecule has 1 aromatic carbocycles. The molecule has 1 spiro atoms. The number of amides is 2. The SMILES string of the molecule is CN1C(=O)[C@@]23C[C@](C)(C#N)C(c4ccc5c(c4)OCO5)N2C(=O)[C@@]1(C)SS3. The highest BCUT2D eigenvalue weighted by atomic mass is 33.1. The van der Waals surface area contributed by atoms with Crippen LogP contribution < -0.4 is 9.47 Å². The van der Waals surface area contributed by atoms with E-state index >= 15 is 0 Å². The van der Waals surface area contributed by atoms with E-state index in [4.69, 9.17) is 9.47 Å². The summed E-state index contributed by atoms with van der Waals surface area (Å²) in [6.07, 6.45) is 0.290. The maximum Gasteiger partial charge on any atom is 0.261 e. The summed E-state index contributed by atoms with van der Waals surface area (Å²) < 4.78 is 10.9. The fraction of sp³-hybridized carbons (Fsp3) is 0.500. The number of likely N-dealkylation sites (N-methyl/N-ethyl adjacent to an activating group) is 1. The van der Waals surface area contributed by atoms with Gasteiger partial charge in [-0.3, -0.25) is 9.59 Å². The number of ether oxygens (including phenoxy) is 2. The summed E-state index contributed by atoms with van der Waals surface area (Å²) in [5, 5.41) is 10.0. The lowest BCUT2D eigenvalue weighted by Crippen LogP contribution is -2.73. The lowest BCUT2D eigenvalue weighted by molar-refractivity contribution is -0.164. The predicted molar refractivity (Wildman–Crippen MR) is 99.6 cm³/mol. The molecule has 5 aliphatic rings. The molecule has 4 saturated heterocycles. The van der Waals surface area contributed by atoms with E-state index in [1.165, 1.54) is 26.5 Å². The minimum atomic E-state index is -1.06. The topological polar surface area (TPSA) is 82.9 Å². The Labute approximate surface area is 164 Å². The molecule has 6 rings (SSSR count). The monoisotopic (exact) mass is 403 g/mol. The predicted octanol–water partition coefficient (Wildman–Crippen LogP) is 2.50. The number of hydrogen-bond donors (Lipinski definition) is 0. The van der Waals surface area contributed by atoms with E-state index in [1.807, 2.05) is 19.1 Å². The number of hydrogen-bond acceptors (Lipinski definition) is 7. The molecule has 0 aromatic heterocycles. The molecule has 1 unspecified atom stereocenters. The van der Waals surface area contributed by atoms with Crippen LogP contribution in [-0.2, 0) is 9.59 Å². The highest BCUT2D eigenvalue weighted by Gasteiger charge is 2.74. The van der Waals surface area contributed by atoms with Crippen molar-refractivity contribution in [3.63, 3.8) is 0 Å². The third-order valence-corrected chi connectivity index (χ3v) is 9.76. The van der Waals surface area contributed by atoms with Crippen LogP contribution in [0.15, 0.2) is 18.2 Å². The van der Waals surface area contributed by atoms with E-state index in [9.17, 15) is 14.9 Å². The molecule has 5 aliphatic heterocycles. The Hall–Kier alpha value is -2.05. The molecule has 9 heteroatoms. The molecule has 4 fully saturated rings.